The summed E-state index contributed by atoms with van der Waals surface area (Å²) in [6, 6.07) is 4.35. The third kappa shape index (κ3) is 4.33. The van der Waals surface area contributed by atoms with Gasteiger partial charge in [0.25, 0.3) is 0 Å². The highest BCUT2D eigenvalue weighted by Crippen LogP contribution is 2.26. The molecule has 1 aliphatic heterocycles. The lowest BCUT2D eigenvalue weighted by molar-refractivity contribution is 0.00950. The second-order valence-electron chi connectivity index (χ2n) is 5.18. The zero-order valence-electron chi connectivity index (χ0n) is 11.9. The van der Waals surface area contributed by atoms with Gasteiger partial charge in [-0.3, -0.25) is 0 Å². The van der Waals surface area contributed by atoms with Gasteiger partial charge in [-0.05, 0) is 43.9 Å². The van der Waals surface area contributed by atoms with Crippen molar-refractivity contribution in [1.29, 1.82) is 0 Å². The number of hydrogen-bond acceptors (Lipinski definition) is 3. The minimum atomic E-state index is -3.54. The summed E-state index contributed by atoms with van der Waals surface area (Å²) >= 11 is 11.7. The first kappa shape index (κ1) is 17.0. The van der Waals surface area contributed by atoms with E-state index in [1.54, 1.807) is 7.05 Å². The second-order valence-corrected chi connectivity index (χ2v) is 8.04. The maximum Gasteiger partial charge on any atom is 0.242 e. The van der Waals surface area contributed by atoms with Crippen LogP contribution in [0.2, 0.25) is 10.0 Å². The van der Waals surface area contributed by atoms with Gasteiger partial charge in [-0.25, -0.2) is 12.7 Å². The number of sulfonamides is 1. The Labute approximate surface area is 136 Å². The van der Waals surface area contributed by atoms with Crippen molar-refractivity contribution >= 4 is 33.2 Å². The molecule has 0 bridgehead atoms. The normalized spacial score (nSPS) is 19.9. The lowest BCUT2D eigenvalue weighted by atomic mass is 10.1. The zero-order chi connectivity index (χ0) is 15.5. The van der Waals surface area contributed by atoms with Crippen molar-refractivity contribution in [2.24, 2.45) is 0 Å². The molecule has 2 rings (SSSR count). The summed E-state index contributed by atoms with van der Waals surface area (Å²) in [6.45, 7) is 1.20. The van der Waals surface area contributed by atoms with E-state index in [-0.39, 0.29) is 16.0 Å². The first-order chi connectivity index (χ1) is 9.91. The fourth-order valence-corrected chi connectivity index (χ4v) is 3.87. The molecule has 21 heavy (non-hydrogen) atoms. The van der Waals surface area contributed by atoms with E-state index in [4.69, 9.17) is 27.9 Å². The number of benzene rings is 1. The Bertz CT molecular complexity index is 586. The minimum absolute atomic E-state index is 0.156. The largest absolute Gasteiger partial charge is 0.378 e. The molecule has 1 fully saturated rings. The monoisotopic (exact) mass is 351 g/mol. The Morgan fingerprint density at radius 2 is 2.05 bits per heavy atom. The predicted octanol–water partition coefficient (Wildman–Crippen LogP) is 3.57. The molecule has 1 aromatic carbocycles. The smallest absolute Gasteiger partial charge is 0.242 e. The van der Waals surface area contributed by atoms with Crippen LogP contribution in [-0.2, 0) is 14.8 Å². The van der Waals surface area contributed by atoms with E-state index in [1.165, 1.54) is 22.5 Å². The molecule has 0 aromatic heterocycles. The summed E-state index contributed by atoms with van der Waals surface area (Å²) in [5.74, 6) is 0. The fourth-order valence-electron chi connectivity index (χ4n) is 2.30. The molecular weight excluding hydrogens is 333 g/mol. The molecule has 7 heteroatoms. The van der Waals surface area contributed by atoms with Gasteiger partial charge in [0, 0.05) is 20.2 Å². The van der Waals surface area contributed by atoms with Gasteiger partial charge < -0.3 is 4.74 Å². The maximum absolute atomic E-state index is 12.5. The maximum atomic E-state index is 12.5. The Kier molecular flexibility index (Phi) is 5.91. The lowest BCUT2D eigenvalue weighted by Gasteiger charge is -2.25. The van der Waals surface area contributed by atoms with Crippen molar-refractivity contribution in [2.75, 3.05) is 20.2 Å². The molecule has 0 spiro atoms. The molecule has 0 N–H and O–H groups in total. The van der Waals surface area contributed by atoms with E-state index in [9.17, 15) is 8.42 Å². The van der Waals surface area contributed by atoms with Crippen LogP contribution in [0.3, 0.4) is 0 Å². The summed E-state index contributed by atoms with van der Waals surface area (Å²) < 4.78 is 31.9. The number of halogens is 2. The molecule has 0 radical (unpaired) electrons. The van der Waals surface area contributed by atoms with Gasteiger partial charge in [0.1, 0.15) is 0 Å². The third-order valence-electron chi connectivity index (χ3n) is 3.64. The SMILES string of the molecule is CN(CCC1CCCCO1)S(=O)(=O)c1ccc(Cl)c(Cl)c1. The van der Waals surface area contributed by atoms with Crippen LogP contribution in [0.25, 0.3) is 0 Å². The molecular formula is C14H19Cl2NO3S. The summed E-state index contributed by atoms with van der Waals surface area (Å²) in [5.41, 5.74) is 0. The molecule has 0 saturated carbocycles. The quantitative estimate of drug-likeness (QED) is 0.814. The molecule has 1 aromatic rings. The van der Waals surface area contributed by atoms with E-state index in [0.29, 0.717) is 18.0 Å². The van der Waals surface area contributed by atoms with Gasteiger partial charge in [0.05, 0.1) is 21.0 Å². The second kappa shape index (κ2) is 7.29. The highest BCUT2D eigenvalue weighted by molar-refractivity contribution is 7.89. The van der Waals surface area contributed by atoms with Gasteiger partial charge in [-0.15, -0.1) is 0 Å². The molecule has 118 valence electrons. The Balaban J connectivity index is 2.02. The van der Waals surface area contributed by atoms with Crippen LogP contribution in [-0.4, -0.2) is 39.0 Å². The van der Waals surface area contributed by atoms with Gasteiger partial charge in [0.2, 0.25) is 10.0 Å². The molecule has 1 saturated heterocycles. The molecule has 1 aliphatic rings. The van der Waals surface area contributed by atoms with Gasteiger partial charge in [-0.2, -0.15) is 0 Å². The van der Waals surface area contributed by atoms with Crippen LogP contribution in [0, 0.1) is 0 Å². The highest BCUT2D eigenvalue weighted by atomic mass is 35.5. The van der Waals surface area contributed by atoms with Crippen LogP contribution in [0.15, 0.2) is 23.1 Å². The van der Waals surface area contributed by atoms with E-state index in [2.05, 4.69) is 0 Å². The molecule has 4 nitrogen and oxygen atoms in total. The van der Waals surface area contributed by atoms with Crippen molar-refractivity contribution in [3.05, 3.63) is 28.2 Å². The van der Waals surface area contributed by atoms with Crippen LogP contribution in [0.4, 0.5) is 0 Å². The Morgan fingerprint density at radius 1 is 1.29 bits per heavy atom. The Morgan fingerprint density at radius 3 is 2.67 bits per heavy atom. The molecule has 0 amide bonds. The van der Waals surface area contributed by atoms with Crippen molar-refractivity contribution < 1.29 is 13.2 Å². The third-order valence-corrected chi connectivity index (χ3v) is 6.23. The summed E-state index contributed by atoms with van der Waals surface area (Å²) in [6.07, 6.45) is 4.10. The zero-order valence-corrected chi connectivity index (χ0v) is 14.2. The standard InChI is InChI=1S/C14H19Cl2NO3S/c1-17(8-7-11-4-2-3-9-20-11)21(18,19)12-5-6-13(15)14(16)10-12/h5-6,10-11H,2-4,7-9H2,1H3. The summed E-state index contributed by atoms with van der Waals surface area (Å²) in [5, 5.41) is 0.579. The predicted molar refractivity (Wildman–Crippen MR) is 84.5 cm³/mol. The first-order valence-corrected chi connectivity index (χ1v) is 9.14. The summed E-state index contributed by atoms with van der Waals surface area (Å²) in [7, 11) is -1.97. The molecule has 1 heterocycles. The van der Waals surface area contributed by atoms with Crippen molar-refractivity contribution in [2.45, 2.75) is 36.7 Å². The molecule has 1 atom stereocenters. The van der Waals surface area contributed by atoms with Crippen molar-refractivity contribution in [3.8, 4) is 0 Å². The van der Waals surface area contributed by atoms with Gasteiger partial charge >= 0.3 is 0 Å². The van der Waals surface area contributed by atoms with Gasteiger partial charge in [0.15, 0.2) is 0 Å². The van der Waals surface area contributed by atoms with Crippen LogP contribution >= 0.6 is 23.2 Å². The van der Waals surface area contributed by atoms with Gasteiger partial charge in [-0.1, -0.05) is 23.2 Å². The number of rotatable bonds is 5. The van der Waals surface area contributed by atoms with E-state index in [1.807, 2.05) is 0 Å². The number of nitrogens with zero attached hydrogens (tertiary/aromatic N) is 1. The minimum Gasteiger partial charge on any atom is -0.378 e. The number of hydrogen-bond donors (Lipinski definition) is 0. The topological polar surface area (TPSA) is 46.6 Å². The van der Waals surface area contributed by atoms with E-state index >= 15 is 0 Å². The van der Waals surface area contributed by atoms with Crippen molar-refractivity contribution in [3.63, 3.8) is 0 Å². The van der Waals surface area contributed by atoms with Crippen LogP contribution in [0.1, 0.15) is 25.7 Å². The average molecular weight is 352 g/mol. The molecule has 0 aliphatic carbocycles. The Hall–Kier alpha value is -0.330. The van der Waals surface area contributed by atoms with E-state index in [0.717, 1.165) is 25.9 Å². The lowest BCUT2D eigenvalue weighted by Crippen LogP contribution is -2.31. The number of ether oxygens (including phenoxy) is 1. The van der Waals surface area contributed by atoms with E-state index < -0.39 is 10.0 Å². The first-order valence-electron chi connectivity index (χ1n) is 6.94. The molecule has 1 unspecified atom stereocenters. The fraction of sp³-hybridized carbons (Fsp3) is 0.571. The average Bonchev–Trinajstić information content (AvgIpc) is 2.48. The highest BCUT2D eigenvalue weighted by Gasteiger charge is 2.23. The van der Waals surface area contributed by atoms with Crippen LogP contribution < -0.4 is 0 Å². The van der Waals surface area contributed by atoms with Crippen molar-refractivity contribution in [1.82, 2.24) is 4.31 Å². The summed E-state index contributed by atoms with van der Waals surface area (Å²) in [4.78, 5) is 0.156. The van der Waals surface area contributed by atoms with Crippen LogP contribution in [0.5, 0.6) is 0 Å².